The van der Waals surface area contributed by atoms with Gasteiger partial charge in [0, 0.05) is 5.92 Å². The molecule has 4 heteroatoms. The standard InChI is InChI=1S/C21H16N2O2/c24-20-19(15-16-9-7-8-10-16)22(17-11-3-1-4-12-17)21(25)23(20)18-13-5-2-6-14-18/h1-16H/b19-15+. The molecule has 0 saturated carbocycles. The lowest BCUT2D eigenvalue weighted by Crippen LogP contribution is -2.32. The molecule has 0 aromatic heterocycles. The second-order valence-corrected chi connectivity index (χ2v) is 5.83. The Labute approximate surface area is 146 Å². The van der Waals surface area contributed by atoms with Gasteiger partial charge >= 0.3 is 6.03 Å². The highest BCUT2D eigenvalue weighted by Crippen LogP contribution is 2.33. The van der Waals surface area contributed by atoms with Gasteiger partial charge in [0.2, 0.25) is 0 Å². The summed E-state index contributed by atoms with van der Waals surface area (Å²) < 4.78 is 0. The van der Waals surface area contributed by atoms with Gasteiger partial charge in [0.25, 0.3) is 5.91 Å². The van der Waals surface area contributed by atoms with Crippen LogP contribution in [0.3, 0.4) is 0 Å². The van der Waals surface area contributed by atoms with Gasteiger partial charge in [0.15, 0.2) is 0 Å². The maximum absolute atomic E-state index is 13.1. The Hall–Kier alpha value is -3.40. The zero-order chi connectivity index (χ0) is 17.2. The zero-order valence-electron chi connectivity index (χ0n) is 13.4. The molecule has 3 amide bonds. The van der Waals surface area contributed by atoms with Crippen molar-refractivity contribution in [3.8, 4) is 0 Å². The van der Waals surface area contributed by atoms with E-state index in [4.69, 9.17) is 0 Å². The summed E-state index contributed by atoms with van der Waals surface area (Å²) >= 11 is 0. The number of allylic oxidation sites excluding steroid dienone is 5. The number of para-hydroxylation sites is 2. The third-order valence-corrected chi connectivity index (χ3v) is 4.20. The minimum Gasteiger partial charge on any atom is -0.266 e. The van der Waals surface area contributed by atoms with Gasteiger partial charge in [-0.25, -0.2) is 9.69 Å². The number of rotatable bonds is 3. The molecule has 25 heavy (non-hydrogen) atoms. The second-order valence-electron chi connectivity index (χ2n) is 5.83. The van der Waals surface area contributed by atoms with Gasteiger partial charge in [0.05, 0.1) is 11.4 Å². The molecule has 2 aromatic rings. The molecule has 1 saturated heterocycles. The maximum Gasteiger partial charge on any atom is 0.340 e. The number of anilines is 2. The fraction of sp³-hybridized carbons (Fsp3) is 0.0476. The Kier molecular flexibility index (Phi) is 3.78. The molecule has 1 aliphatic heterocycles. The molecule has 1 aliphatic carbocycles. The van der Waals surface area contributed by atoms with Crippen LogP contribution in [0.5, 0.6) is 0 Å². The van der Waals surface area contributed by atoms with Crippen LogP contribution < -0.4 is 9.80 Å². The molecular weight excluding hydrogens is 312 g/mol. The normalized spacial score (nSPS) is 18.8. The van der Waals surface area contributed by atoms with Crippen molar-refractivity contribution in [2.24, 2.45) is 5.92 Å². The first-order chi connectivity index (χ1) is 12.3. The van der Waals surface area contributed by atoms with Crippen molar-refractivity contribution in [3.05, 3.63) is 96.7 Å². The summed E-state index contributed by atoms with van der Waals surface area (Å²) in [7, 11) is 0. The number of hydrogen-bond donors (Lipinski definition) is 0. The first-order valence-electron chi connectivity index (χ1n) is 8.11. The molecule has 122 valence electrons. The van der Waals surface area contributed by atoms with Crippen molar-refractivity contribution in [2.75, 3.05) is 9.80 Å². The molecule has 4 nitrogen and oxygen atoms in total. The largest absolute Gasteiger partial charge is 0.340 e. The molecule has 1 fully saturated rings. The summed E-state index contributed by atoms with van der Waals surface area (Å²) in [6, 6.07) is 17.9. The lowest BCUT2D eigenvalue weighted by Gasteiger charge is -2.17. The van der Waals surface area contributed by atoms with E-state index in [0.29, 0.717) is 17.1 Å². The number of carbonyl (C=O) groups is 2. The molecule has 0 atom stereocenters. The van der Waals surface area contributed by atoms with E-state index in [1.807, 2.05) is 78.9 Å². The van der Waals surface area contributed by atoms with Crippen LogP contribution >= 0.6 is 0 Å². The van der Waals surface area contributed by atoms with Crippen LogP contribution in [0, 0.1) is 5.92 Å². The van der Waals surface area contributed by atoms with Gasteiger partial charge in [-0.05, 0) is 30.3 Å². The molecule has 0 N–H and O–H groups in total. The van der Waals surface area contributed by atoms with E-state index >= 15 is 0 Å². The minimum atomic E-state index is -0.361. The number of nitrogens with zero attached hydrogens (tertiary/aromatic N) is 2. The van der Waals surface area contributed by atoms with Crippen molar-refractivity contribution in [1.29, 1.82) is 0 Å². The average Bonchev–Trinajstić information content (AvgIpc) is 3.24. The first-order valence-corrected chi connectivity index (χ1v) is 8.11. The second kappa shape index (κ2) is 6.24. The van der Waals surface area contributed by atoms with Gasteiger partial charge in [-0.2, -0.15) is 0 Å². The average molecular weight is 328 g/mol. The molecule has 0 radical (unpaired) electrons. The van der Waals surface area contributed by atoms with Crippen molar-refractivity contribution >= 4 is 23.3 Å². The van der Waals surface area contributed by atoms with E-state index in [0.717, 1.165) is 0 Å². The first kappa shape index (κ1) is 15.1. The number of benzene rings is 2. The summed E-state index contributed by atoms with van der Waals surface area (Å²) in [5, 5.41) is 0. The van der Waals surface area contributed by atoms with Crippen LogP contribution in [-0.4, -0.2) is 11.9 Å². The van der Waals surface area contributed by atoms with Crippen molar-refractivity contribution in [3.63, 3.8) is 0 Å². The number of amides is 3. The van der Waals surface area contributed by atoms with E-state index in [1.54, 1.807) is 12.1 Å². The molecule has 0 bridgehead atoms. The molecule has 4 rings (SSSR count). The summed E-state index contributed by atoms with van der Waals surface area (Å²) in [6.45, 7) is 0. The number of carbonyl (C=O) groups excluding carboxylic acids is 2. The third-order valence-electron chi connectivity index (χ3n) is 4.20. The predicted octanol–water partition coefficient (Wildman–Crippen LogP) is 4.29. The van der Waals surface area contributed by atoms with Crippen LogP contribution in [0.2, 0.25) is 0 Å². The topological polar surface area (TPSA) is 40.6 Å². The van der Waals surface area contributed by atoms with Gasteiger partial charge in [-0.3, -0.25) is 9.69 Å². The van der Waals surface area contributed by atoms with E-state index in [2.05, 4.69) is 0 Å². The van der Waals surface area contributed by atoms with Crippen LogP contribution in [-0.2, 0) is 4.79 Å². The lowest BCUT2D eigenvalue weighted by molar-refractivity contribution is -0.113. The summed E-state index contributed by atoms with van der Waals surface area (Å²) in [5.74, 6) is -0.303. The van der Waals surface area contributed by atoms with E-state index in [9.17, 15) is 9.59 Å². The van der Waals surface area contributed by atoms with Gasteiger partial charge < -0.3 is 0 Å². The summed E-state index contributed by atoms with van der Waals surface area (Å²) in [6.07, 6.45) is 9.67. The molecule has 0 unspecified atom stereocenters. The van der Waals surface area contributed by atoms with E-state index in [1.165, 1.54) is 9.80 Å². The fourth-order valence-electron chi connectivity index (χ4n) is 3.02. The quantitative estimate of drug-likeness (QED) is 0.623. The Balaban J connectivity index is 1.82. The minimum absolute atomic E-state index is 0.00804. The Morgan fingerprint density at radius 2 is 1.24 bits per heavy atom. The highest BCUT2D eigenvalue weighted by Gasteiger charge is 2.42. The molecular formula is C21H16N2O2. The van der Waals surface area contributed by atoms with Crippen LogP contribution in [0.4, 0.5) is 16.2 Å². The number of urea groups is 1. The highest BCUT2D eigenvalue weighted by atomic mass is 16.2. The Morgan fingerprint density at radius 1 is 0.720 bits per heavy atom. The SMILES string of the molecule is O=C1/C(=C\C2C=CC=C2)N(c2ccccc2)C(=O)N1c1ccccc1. The Morgan fingerprint density at radius 3 is 1.80 bits per heavy atom. The van der Waals surface area contributed by atoms with Crippen LogP contribution in [0.1, 0.15) is 0 Å². The lowest BCUT2D eigenvalue weighted by atomic mass is 10.1. The molecule has 0 spiro atoms. The zero-order valence-corrected chi connectivity index (χ0v) is 13.4. The fourth-order valence-corrected chi connectivity index (χ4v) is 3.02. The molecule has 2 aliphatic rings. The maximum atomic E-state index is 13.1. The summed E-state index contributed by atoms with van der Waals surface area (Å²) in [4.78, 5) is 28.8. The highest BCUT2D eigenvalue weighted by molar-refractivity contribution is 6.34. The van der Waals surface area contributed by atoms with Crippen LogP contribution in [0.15, 0.2) is 96.7 Å². The van der Waals surface area contributed by atoms with Crippen molar-refractivity contribution in [2.45, 2.75) is 0 Å². The molecule has 1 heterocycles. The van der Waals surface area contributed by atoms with Crippen LogP contribution in [0.25, 0.3) is 0 Å². The molecule has 2 aromatic carbocycles. The smallest absolute Gasteiger partial charge is 0.266 e. The van der Waals surface area contributed by atoms with Crippen molar-refractivity contribution < 1.29 is 9.59 Å². The van der Waals surface area contributed by atoms with Gasteiger partial charge in [-0.15, -0.1) is 0 Å². The summed E-state index contributed by atoms with van der Waals surface area (Å²) in [5.41, 5.74) is 1.62. The third kappa shape index (κ3) is 2.68. The Bertz CT molecular complexity index is 886. The monoisotopic (exact) mass is 328 g/mol. The number of imide groups is 1. The predicted molar refractivity (Wildman–Crippen MR) is 98.1 cm³/mol. The van der Waals surface area contributed by atoms with E-state index < -0.39 is 0 Å². The van der Waals surface area contributed by atoms with Gasteiger partial charge in [0.1, 0.15) is 5.70 Å². The number of hydrogen-bond acceptors (Lipinski definition) is 2. The van der Waals surface area contributed by atoms with Gasteiger partial charge in [-0.1, -0.05) is 60.7 Å². The van der Waals surface area contributed by atoms with Crippen molar-refractivity contribution in [1.82, 2.24) is 0 Å². The van der Waals surface area contributed by atoms with E-state index in [-0.39, 0.29) is 17.9 Å².